The normalized spacial score (nSPS) is 11.5. The van der Waals surface area contributed by atoms with Gasteiger partial charge in [0.25, 0.3) is 0 Å². The van der Waals surface area contributed by atoms with Crippen molar-refractivity contribution >= 4 is 17.3 Å². The number of hydrogen-bond acceptors (Lipinski definition) is 3. The first-order chi connectivity index (χ1) is 8.45. The number of aryl methyl sites for hydroxylation is 1. The summed E-state index contributed by atoms with van der Waals surface area (Å²) in [7, 11) is 3.94. The Kier molecular flexibility index (Phi) is 4.75. The Labute approximate surface area is 108 Å². The van der Waals surface area contributed by atoms with E-state index in [1.165, 1.54) is 0 Å². The number of anilines is 2. The molecule has 0 bridgehead atoms. The first-order valence-corrected chi connectivity index (χ1v) is 5.73. The maximum Gasteiger partial charge on any atom is 0.242 e. The van der Waals surface area contributed by atoms with E-state index in [0.717, 1.165) is 16.9 Å². The standard InChI is InChI=1S/C14H19N3O/c1-5-6-12(15)14(18)16-13-8-7-11(17(3)4)9-10(13)2/h1,7-9,12H,6,15H2,2-4H3,(H,16,18). The lowest BCUT2D eigenvalue weighted by molar-refractivity contribution is -0.117. The predicted octanol–water partition coefficient (Wildman–Crippen LogP) is 1.35. The van der Waals surface area contributed by atoms with E-state index in [-0.39, 0.29) is 12.3 Å². The van der Waals surface area contributed by atoms with Crippen LogP contribution in [0.1, 0.15) is 12.0 Å². The Hall–Kier alpha value is -1.99. The molecule has 0 saturated heterocycles. The molecule has 0 heterocycles. The number of benzene rings is 1. The number of hydrogen-bond donors (Lipinski definition) is 2. The Morgan fingerprint density at radius 3 is 2.72 bits per heavy atom. The summed E-state index contributed by atoms with van der Waals surface area (Å²) in [6.45, 7) is 1.94. The van der Waals surface area contributed by atoms with Crippen molar-refractivity contribution in [2.75, 3.05) is 24.3 Å². The van der Waals surface area contributed by atoms with Gasteiger partial charge in [-0.05, 0) is 30.7 Å². The molecule has 0 saturated carbocycles. The maximum atomic E-state index is 11.7. The third kappa shape index (κ3) is 3.51. The molecule has 1 rings (SSSR count). The molecule has 4 nitrogen and oxygen atoms in total. The number of nitrogens with zero attached hydrogens (tertiary/aromatic N) is 1. The van der Waals surface area contributed by atoms with Crippen molar-refractivity contribution in [2.45, 2.75) is 19.4 Å². The molecule has 1 atom stereocenters. The van der Waals surface area contributed by atoms with Gasteiger partial charge in [-0.1, -0.05) is 0 Å². The highest BCUT2D eigenvalue weighted by Gasteiger charge is 2.13. The lowest BCUT2D eigenvalue weighted by Gasteiger charge is -2.16. The van der Waals surface area contributed by atoms with Crippen molar-refractivity contribution < 1.29 is 4.79 Å². The largest absolute Gasteiger partial charge is 0.378 e. The van der Waals surface area contributed by atoms with Crippen molar-refractivity contribution in [1.29, 1.82) is 0 Å². The Bertz CT molecular complexity index is 474. The molecule has 3 N–H and O–H groups in total. The first-order valence-electron chi connectivity index (χ1n) is 5.73. The smallest absolute Gasteiger partial charge is 0.242 e. The van der Waals surface area contributed by atoms with Crippen molar-refractivity contribution in [3.05, 3.63) is 23.8 Å². The molecule has 18 heavy (non-hydrogen) atoms. The summed E-state index contributed by atoms with van der Waals surface area (Å²) in [6, 6.07) is 5.14. The summed E-state index contributed by atoms with van der Waals surface area (Å²) in [6.07, 6.45) is 5.36. The molecule has 0 aromatic heterocycles. The zero-order valence-corrected chi connectivity index (χ0v) is 11.0. The molecule has 1 aromatic rings. The fourth-order valence-corrected chi connectivity index (χ4v) is 1.51. The minimum atomic E-state index is -0.664. The number of amides is 1. The monoisotopic (exact) mass is 245 g/mol. The Morgan fingerprint density at radius 1 is 1.56 bits per heavy atom. The van der Waals surface area contributed by atoms with Gasteiger partial charge in [0, 0.05) is 31.9 Å². The van der Waals surface area contributed by atoms with E-state index in [1.807, 2.05) is 44.1 Å². The van der Waals surface area contributed by atoms with Gasteiger partial charge in [0.05, 0.1) is 6.04 Å². The minimum absolute atomic E-state index is 0.237. The molecule has 0 aliphatic carbocycles. The van der Waals surface area contributed by atoms with Crippen LogP contribution >= 0.6 is 0 Å². The summed E-state index contributed by atoms with van der Waals surface area (Å²) >= 11 is 0. The van der Waals surface area contributed by atoms with Crippen LogP contribution in [0.2, 0.25) is 0 Å². The third-order valence-corrected chi connectivity index (χ3v) is 2.66. The topological polar surface area (TPSA) is 58.4 Å². The fourth-order valence-electron chi connectivity index (χ4n) is 1.51. The summed E-state index contributed by atoms with van der Waals surface area (Å²) in [5, 5.41) is 2.78. The molecule has 0 radical (unpaired) electrons. The van der Waals surface area contributed by atoms with Crippen LogP contribution in [0.5, 0.6) is 0 Å². The highest BCUT2D eigenvalue weighted by Crippen LogP contribution is 2.21. The highest BCUT2D eigenvalue weighted by atomic mass is 16.2. The predicted molar refractivity (Wildman–Crippen MR) is 75.6 cm³/mol. The van der Waals surface area contributed by atoms with E-state index in [0.29, 0.717) is 0 Å². The zero-order chi connectivity index (χ0) is 13.7. The van der Waals surface area contributed by atoms with Gasteiger partial charge in [0.15, 0.2) is 0 Å². The summed E-state index contributed by atoms with van der Waals surface area (Å²) < 4.78 is 0. The van der Waals surface area contributed by atoms with E-state index in [4.69, 9.17) is 12.2 Å². The third-order valence-electron chi connectivity index (χ3n) is 2.66. The van der Waals surface area contributed by atoms with Crippen molar-refractivity contribution in [3.63, 3.8) is 0 Å². The van der Waals surface area contributed by atoms with Gasteiger partial charge in [-0.3, -0.25) is 4.79 Å². The zero-order valence-electron chi connectivity index (χ0n) is 11.0. The number of rotatable bonds is 4. The quantitative estimate of drug-likeness (QED) is 0.787. The molecule has 1 unspecified atom stereocenters. The average molecular weight is 245 g/mol. The van der Waals surface area contributed by atoms with Gasteiger partial charge in [-0.25, -0.2) is 0 Å². The van der Waals surface area contributed by atoms with Gasteiger partial charge in [0.2, 0.25) is 5.91 Å². The van der Waals surface area contributed by atoms with Crippen molar-refractivity contribution in [1.82, 2.24) is 0 Å². The summed E-state index contributed by atoms with van der Waals surface area (Å²) in [4.78, 5) is 13.7. The second kappa shape index (κ2) is 6.08. The minimum Gasteiger partial charge on any atom is -0.378 e. The van der Waals surface area contributed by atoms with E-state index in [9.17, 15) is 4.79 Å². The number of nitrogens with one attached hydrogen (secondary N) is 1. The maximum absolute atomic E-state index is 11.7. The average Bonchev–Trinajstić information content (AvgIpc) is 2.31. The van der Waals surface area contributed by atoms with Gasteiger partial charge in [-0.2, -0.15) is 0 Å². The fraction of sp³-hybridized carbons (Fsp3) is 0.357. The SMILES string of the molecule is C#CCC(N)C(=O)Nc1ccc(N(C)C)cc1C. The van der Waals surface area contributed by atoms with Crippen molar-refractivity contribution in [3.8, 4) is 12.3 Å². The number of terminal acetylenes is 1. The van der Waals surface area contributed by atoms with Crippen LogP contribution in [0.3, 0.4) is 0 Å². The van der Waals surface area contributed by atoms with E-state index in [2.05, 4.69) is 11.2 Å². The van der Waals surface area contributed by atoms with Gasteiger partial charge in [-0.15, -0.1) is 12.3 Å². The second-order valence-corrected chi connectivity index (χ2v) is 4.40. The van der Waals surface area contributed by atoms with Crippen molar-refractivity contribution in [2.24, 2.45) is 5.73 Å². The number of carbonyl (C=O) groups excluding carboxylic acids is 1. The summed E-state index contributed by atoms with van der Waals surface area (Å²) in [5.74, 6) is 2.12. The van der Waals surface area contributed by atoms with E-state index >= 15 is 0 Å². The molecular weight excluding hydrogens is 226 g/mol. The van der Waals surface area contributed by atoms with Crippen LogP contribution < -0.4 is 16.0 Å². The Morgan fingerprint density at radius 2 is 2.22 bits per heavy atom. The van der Waals surface area contributed by atoms with Crippen LogP contribution in [0.15, 0.2) is 18.2 Å². The molecule has 0 spiro atoms. The Balaban J connectivity index is 2.80. The van der Waals surface area contributed by atoms with Crippen LogP contribution in [0, 0.1) is 19.3 Å². The lowest BCUT2D eigenvalue weighted by Crippen LogP contribution is -2.35. The molecule has 4 heteroatoms. The molecule has 1 amide bonds. The van der Waals surface area contributed by atoms with Gasteiger partial charge < -0.3 is 16.0 Å². The van der Waals surface area contributed by atoms with Crippen LogP contribution in [-0.4, -0.2) is 26.0 Å². The lowest BCUT2D eigenvalue weighted by atomic mass is 10.1. The molecule has 96 valence electrons. The highest BCUT2D eigenvalue weighted by molar-refractivity contribution is 5.95. The molecule has 1 aromatic carbocycles. The van der Waals surface area contributed by atoms with Crippen LogP contribution in [0.25, 0.3) is 0 Å². The second-order valence-electron chi connectivity index (χ2n) is 4.40. The molecule has 0 aliphatic heterocycles. The number of nitrogens with two attached hydrogens (primary N) is 1. The van der Waals surface area contributed by atoms with Crippen LogP contribution in [0.4, 0.5) is 11.4 Å². The van der Waals surface area contributed by atoms with E-state index in [1.54, 1.807) is 0 Å². The summed E-state index contributed by atoms with van der Waals surface area (Å²) in [5.41, 5.74) is 8.47. The van der Waals surface area contributed by atoms with Gasteiger partial charge in [0.1, 0.15) is 0 Å². The number of carbonyl (C=O) groups is 1. The first kappa shape index (κ1) is 14.1. The van der Waals surface area contributed by atoms with E-state index < -0.39 is 6.04 Å². The molecule has 0 aliphatic rings. The molecular formula is C14H19N3O. The molecule has 0 fully saturated rings. The van der Waals surface area contributed by atoms with Crippen LogP contribution in [-0.2, 0) is 4.79 Å². The van der Waals surface area contributed by atoms with Gasteiger partial charge >= 0.3 is 0 Å².